The molecule has 0 aliphatic heterocycles. The lowest BCUT2D eigenvalue weighted by molar-refractivity contribution is 0.413. The highest BCUT2D eigenvalue weighted by Crippen LogP contribution is 2.23. The van der Waals surface area contributed by atoms with Crippen molar-refractivity contribution in [1.82, 2.24) is 10.6 Å². The van der Waals surface area contributed by atoms with Crippen molar-refractivity contribution in [2.24, 2.45) is 4.99 Å². The second-order valence-corrected chi connectivity index (χ2v) is 8.92. The van der Waals surface area contributed by atoms with Gasteiger partial charge in [-0.2, -0.15) is 0 Å². The van der Waals surface area contributed by atoms with Crippen molar-refractivity contribution in [2.45, 2.75) is 50.4 Å². The number of nitrogens with one attached hydrogen (secondary N) is 2. The fourth-order valence-electron chi connectivity index (χ4n) is 3.04. The first kappa shape index (κ1) is 22.8. The molecule has 2 rings (SSSR count). The molecule has 25 heavy (non-hydrogen) atoms. The van der Waals surface area contributed by atoms with Crippen molar-refractivity contribution in [3.8, 4) is 0 Å². The molecule has 0 aromatic heterocycles. The molecule has 1 fully saturated rings. The van der Waals surface area contributed by atoms with Crippen LogP contribution < -0.4 is 10.6 Å². The van der Waals surface area contributed by atoms with Gasteiger partial charge in [0.15, 0.2) is 5.96 Å². The summed E-state index contributed by atoms with van der Waals surface area (Å²) in [7, 11) is 0.987. The summed E-state index contributed by atoms with van der Waals surface area (Å²) in [6, 6.07) is 5.10. The zero-order chi connectivity index (χ0) is 17.5. The fourth-order valence-corrected chi connectivity index (χ4v) is 4.90. The van der Waals surface area contributed by atoms with Crippen LogP contribution in [0.2, 0.25) is 0 Å². The number of benzene rings is 1. The third-order valence-corrected chi connectivity index (χ3v) is 6.43. The summed E-state index contributed by atoms with van der Waals surface area (Å²) < 4.78 is 26.2. The summed E-state index contributed by atoms with van der Waals surface area (Å²) in [4.78, 5) is 4.25. The quantitative estimate of drug-likeness (QED) is 0.334. The minimum atomic E-state index is -0.737. The lowest BCUT2D eigenvalue weighted by Crippen LogP contribution is -2.46. The Morgan fingerprint density at radius 2 is 2.16 bits per heavy atom. The van der Waals surface area contributed by atoms with Crippen molar-refractivity contribution in [3.63, 3.8) is 0 Å². The summed E-state index contributed by atoms with van der Waals surface area (Å²) in [6.45, 7) is 2.47. The molecular formula is C17H26BrFIN3OS. The number of nitrogens with zero attached hydrogens (tertiary/aromatic N) is 1. The third kappa shape index (κ3) is 7.50. The highest BCUT2D eigenvalue weighted by Gasteiger charge is 2.25. The van der Waals surface area contributed by atoms with Gasteiger partial charge in [0.25, 0.3) is 0 Å². The Labute approximate surface area is 177 Å². The van der Waals surface area contributed by atoms with Crippen molar-refractivity contribution < 1.29 is 8.60 Å². The SMILES string of the molecule is CCS(=O)C1CCCC(NC(=NC)NCc2cc(F)cc(Br)c2)C1.I. The van der Waals surface area contributed by atoms with E-state index in [9.17, 15) is 8.60 Å². The maximum Gasteiger partial charge on any atom is 0.191 e. The second-order valence-electron chi connectivity index (χ2n) is 6.00. The number of halogens is 3. The monoisotopic (exact) mass is 545 g/mol. The van der Waals surface area contributed by atoms with Crippen molar-refractivity contribution in [2.75, 3.05) is 12.8 Å². The maximum absolute atomic E-state index is 13.4. The summed E-state index contributed by atoms with van der Waals surface area (Å²) in [5.74, 6) is 1.16. The van der Waals surface area contributed by atoms with E-state index in [4.69, 9.17) is 0 Å². The van der Waals surface area contributed by atoms with Gasteiger partial charge in [-0.05, 0) is 43.0 Å². The Balaban J connectivity index is 0.00000312. The highest BCUT2D eigenvalue weighted by atomic mass is 127. The predicted molar refractivity (Wildman–Crippen MR) is 118 cm³/mol. The number of rotatable bonds is 5. The molecule has 3 atom stereocenters. The van der Waals surface area contributed by atoms with E-state index in [0.717, 1.165) is 41.5 Å². The van der Waals surface area contributed by atoms with E-state index in [0.29, 0.717) is 12.5 Å². The molecule has 8 heteroatoms. The minimum Gasteiger partial charge on any atom is -0.354 e. The van der Waals surface area contributed by atoms with Gasteiger partial charge in [-0.25, -0.2) is 4.39 Å². The number of aliphatic imine (C=N–C) groups is 1. The van der Waals surface area contributed by atoms with Gasteiger partial charge in [0.2, 0.25) is 0 Å². The summed E-state index contributed by atoms with van der Waals surface area (Å²) >= 11 is 3.30. The Morgan fingerprint density at radius 1 is 1.40 bits per heavy atom. The molecule has 2 N–H and O–H groups in total. The minimum absolute atomic E-state index is 0. The van der Waals surface area contributed by atoms with E-state index in [1.165, 1.54) is 12.1 Å². The number of hydrogen-bond donors (Lipinski definition) is 2. The first-order valence-corrected chi connectivity index (χ1v) is 10.5. The van der Waals surface area contributed by atoms with Crippen LogP contribution in [0.25, 0.3) is 0 Å². The lowest BCUT2D eigenvalue weighted by atomic mass is 9.95. The van der Waals surface area contributed by atoms with Crippen LogP contribution >= 0.6 is 39.9 Å². The van der Waals surface area contributed by atoms with E-state index in [1.54, 1.807) is 7.05 Å². The summed E-state index contributed by atoms with van der Waals surface area (Å²) in [5.41, 5.74) is 0.846. The first-order chi connectivity index (χ1) is 11.5. The van der Waals surface area contributed by atoms with Crippen molar-refractivity contribution in [1.29, 1.82) is 0 Å². The Bertz CT molecular complexity index is 597. The van der Waals surface area contributed by atoms with Crippen LogP contribution in [0, 0.1) is 5.82 Å². The molecule has 1 aliphatic rings. The summed E-state index contributed by atoms with van der Waals surface area (Å²) in [5, 5.41) is 6.91. The standard InChI is InChI=1S/C17H25BrFN3OS.HI/c1-3-24(23)16-6-4-5-15(10-16)22-17(20-2)21-11-12-7-13(18)9-14(19)8-12;/h7-9,15-16H,3-6,10-11H2,1-2H3,(H2,20,21,22);1H. The molecule has 1 saturated carbocycles. The molecule has 0 saturated heterocycles. The van der Waals surface area contributed by atoms with Gasteiger partial charge in [0.05, 0.1) is 0 Å². The molecular weight excluding hydrogens is 520 g/mol. The van der Waals surface area contributed by atoms with E-state index in [-0.39, 0.29) is 41.1 Å². The fraction of sp³-hybridized carbons (Fsp3) is 0.588. The van der Waals surface area contributed by atoms with E-state index in [2.05, 4.69) is 31.6 Å². The predicted octanol–water partition coefficient (Wildman–Crippen LogP) is 3.95. The highest BCUT2D eigenvalue weighted by molar-refractivity contribution is 14.0. The van der Waals surface area contributed by atoms with Gasteiger partial charge in [-0.15, -0.1) is 24.0 Å². The molecule has 0 spiro atoms. The maximum atomic E-state index is 13.4. The molecule has 0 bridgehead atoms. The van der Waals surface area contributed by atoms with Crippen LogP contribution in [0.3, 0.4) is 0 Å². The molecule has 0 amide bonds. The molecule has 1 aliphatic carbocycles. The van der Waals surface area contributed by atoms with Gasteiger partial charge in [-0.3, -0.25) is 9.20 Å². The van der Waals surface area contributed by atoms with Gasteiger partial charge < -0.3 is 10.6 Å². The largest absolute Gasteiger partial charge is 0.354 e. The van der Waals surface area contributed by atoms with E-state index in [1.807, 2.05) is 13.0 Å². The average Bonchev–Trinajstić information content (AvgIpc) is 2.57. The Morgan fingerprint density at radius 3 is 2.80 bits per heavy atom. The van der Waals surface area contributed by atoms with Crippen LogP contribution in [0.15, 0.2) is 27.7 Å². The van der Waals surface area contributed by atoms with E-state index >= 15 is 0 Å². The van der Waals surface area contributed by atoms with Crippen LogP contribution in [-0.4, -0.2) is 34.3 Å². The molecule has 142 valence electrons. The van der Waals surface area contributed by atoms with E-state index < -0.39 is 10.8 Å². The molecule has 3 unspecified atom stereocenters. The normalized spacial score (nSPS) is 22.0. The topological polar surface area (TPSA) is 53.5 Å². The second kappa shape index (κ2) is 11.5. The smallest absolute Gasteiger partial charge is 0.191 e. The Hall–Kier alpha value is -0.220. The zero-order valence-corrected chi connectivity index (χ0v) is 19.3. The zero-order valence-electron chi connectivity index (χ0n) is 14.6. The third-order valence-electron chi connectivity index (χ3n) is 4.23. The molecule has 0 radical (unpaired) electrons. The van der Waals surface area contributed by atoms with Gasteiger partial charge in [-0.1, -0.05) is 29.3 Å². The van der Waals surface area contributed by atoms with Gasteiger partial charge in [0.1, 0.15) is 5.82 Å². The number of hydrogen-bond acceptors (Lipinski definition) is 2. The summed E-state index contributed by atoms with van der Waals surface area (Å²) in [6.07, 6.45) is 4.10. The molecule has 1 aromatic carbocycles. The van der Waals surface area contributed by atoms with Crippen LogP contribution in [0.4, 0.5) is 4.39 Å². The van der Waals surface area contributed by atoms with Crippen LogP contribution in [-0.2, 0) is 17.3 Å². The van der Waals surface area contributed by atoms with Crippen molar-refractivity contribution >= 4 is 56.7 Å². The van der Waals surface area contributed by atoms with Gasteiger partial charge in [0, 0.05) is 45.9 Å². The molecule has 4 nitrogen and oxygen atoms in total. The van der Waals surface area contributed by atoms with Crippen molar-refractivity contribution in [3.05, 3.63) is 34.1 Å². The van der Waals surface area contributed by atoms with Crippen LogP contribution in [0.5, 0.6) is 0 Å². The molecule has 1 aromatic rings. The lowest BCUT2D eigenvalue weighted by Gasteiger charge is -2.30. The first-order valence-electron chi connectivity index (χ1n) is 8.31. The van der Waals surface area contributed by atoms with Crippen LogP contribution in [0.1, 0.15) is 38.2 Å². The van der Waals surface area contributed by atoms with Gasteiger partial charge >= 0.3 is 0 Å². The average molecular weight is 546 g/mol. The number of guanidine groups is 1. The molecule has 0 heterocycles. The Kier molecular flexibility index (Phi) is 10.5.